The van der Waals surface area contributed by atoms with Gasteiger partial charge < -0.3 is 24.5 Å². The fraction of sp³-hybridized carbons (Fsp3) is 0.364. The first-order chi connectivity index (χ1) is 14.4. The van der Waals surface area contributed by atoms with E-state index in [1.54, 1.807) is 34.9 Å². The minimum Gasteiger partial charge on any atom is -0.465 e. The summed E-state index contributed by atoms with van der Waals surface area (Å²) in [6.45, 7) is 2.98. The van der Waals surface area contributed by atoms with Crippen LogP contribution in [0.3, 0.4) is 0 Å². The number of hydrogen-bond acceptors (Lipinski definition) is 6. The van der Waals surface area contributed by atoms with Crippen molar-refractivity contribution in [1.82, 2.24) is 4.57 Å². The predicted octanol–water partition coefficient (Wildman–Crippen LogP) is 2.86. The summed E-state index contributed by atoms with van der Waals surface area (Å²) < 4.78 is 18.1. The molecule has 7 nitrogen and oxygen atoms in total. The number of hydrogen-bond donors (Lipinski definition) is 1. The third-order valence-corrected chi connectivity index (χ3v) is 5.84. The van der Waals surface area contributed by atoms with Crippen molar-refractivity contribution in [3.63, 3.8) is 0 Å². The van der Waals surface area contributed by atoms with E-state index in [9.17, 15) is 9.59 Å². The van der Waals surface area contributed by atoms with Crippen LogP contribution in [0.2, 0.25) is 5.02 Å². The highest BCUT2D eigenvalue weighted by Gasteiger charge is 2.38. The van der Waals surface area contributed by atoms with Crippen LogP contribution in [0.5, 0.6) is 5.75 Å². The average molecular weight is 431 g/mol. The topological polar surface area (TPSA) is 92.8 Å². The molecule has 158 valence electrons. The molecule has 3 heterocycles. The number of methoxy groups -OCH3 is 1. The summed E-state index contributed by atoms with van der Waals surface area (Å²) in [6.07, 6.45) is 1.87. The van der Waals surface area contributed by atoms with Crippen LogP contribution >= 0.6 is 11.6 Å². The van der Waals surface area contributed by atoms with Crippen molar-refractivity contribution in [2.75, 3.05) is 13.7 Å². The van der Waals surface area contributed by atoms with E-state index in [0.717, 1.165) is 18.5 Å². The molecule has 0 bridgehead atoms. The smallest absolute Gasteiger partial charge is 0.340 e. The number of nitrogens with zero attached hydrogens (tertiary/aromatic N) is 1. The van der Waals surface area contributed by atoms with Crippen LogP contribution < -0.4 is 16.0 Å². The van der Waals surface area contributed by atoms with Crippen molar-refractivity contribution in [2.45, 2.75) is 38.3 Å². The van der Waals surface area contributed by atoms with Crippen molar-refractivity contribution >= 4 is 17.6 Å². The molecule has 30 heavy (non-hydrogen) atoms. The van der Waals surface area contributed by atoms with Crippen LogP contribution in [0.4, 0.5) is 0 Å². The minimum atomic E-state index is -0.734. The van der Waals surface area contributed by atoms with E-state index < -0.39 is 11.9 Å². The highest BCUT2D eigenvalue weighted by molar-refractivity contribution is 6.30. The first-order valence-electron chi connectivity index (χ1n) is 9.78. The van der Waals surface area contributed by atoms with Crippen LogP contribution in [0.15, 0.2) is 46.6 Å². The van der Waals surface area contributed by atoms with E-state index in [-0.39, 0.29) is 23.1 Å². The van der Waals surface area contributed by atoms with Gasteiger partial charge in [0.1, 0.15) is 11.3 Å². The Morgan fingerprint density at radius 2 is 2.07 bits per heavy atom. The summed E-state index contributed by atoms with van der Waals surface area (Å²) in [5.41, 5.74) is 7.72. The van der Waals surface area contributed by atoms with Gasteiger partial charge in [0.05, 0.1) is 31.2 Å². The van der Waals surface area contributed by atoms with E-state index >= 15 is 0 Å². The number of nitrogens with two attached hydrogens (primary N) is 1. The summed E-state index contributed by atoms with van der Waals surface area (Å²) >= 11 is 6.05. The number of rotatable bonds is 4. The second-order valence-electron chi connectivity index (χ2n) is 7.47. The molecule has 1 aromatic carbocycles. The Morgan fingerprint density at radius 1 is 1.33 bits per heavy atom. The standard InChI is InChI=1S/C22H23ClN2O5/c1-12-10-16-18(21(26)25(12)11-15-4-3-9-29-15)17(13-5-7-14(23)8-6-13)19(20(24)30-16)22(27)28-2/h5-8,10,15,17H,3-4,9,11,24H2,1-2H3/t15-,17-/m1/s1. The lowest BCUT2D eigenvalue weighted by Gasteiger charge is -2.29. The van der Waals surface area contributed by atoms with Crippen LogP contribution in [0.1, 0.15) is 35.6 Å². The molecule has 0 unspecified atom stereocenters. The second kappa shape index (κ2) is 8.16. The number of halogens is 1. The lowest BCUT2D eigenvalue weighted by Crippen LogP contribution is -2.36. The minimum absolute atomic E-state index is 0.0152. The van der Waals surface area contributed by atoms with Gasteiger partial charge in [-0.1, -0.05) is 23.7 Å². The maximum atomic E-state index is 13.6. The fourth-order valence-electron chi connectivity index (χ4n) is 4.10. The highest BCUT2D eigenvalue weighted by atomic mass is 35.5. The third kappa shape index (κ3) is 3.59. The van der Waals surface area contributed by atoms with Crippen molar-refractivity contribution in [3.8, 4) is 5.75 Å². The molecule has 2 N–H and O–H groups in total. The zero-order valence-electron chi connectivity index (χ0n) is 16.8. The Labute approximate surface area is 179 Å². The first-order valence-corrected chi connectivity index (χ1v) is 10.2. The Balaban J connectivity index is 1.91. The van der Waals surface area contributed by atoms with Gasteiger partial charge in [0.2, 0.25) is 5.88 Å². The quantitative estimate of drug-likeness (QED) is 0.750. The summed E-state index contributed by atoms with van der Waals surface area (Å²) in [7, 11) is 1.27. The van der Waals surface area contributed by atoms with E-state index in [2.05, 4.69) is 0 Å². The van der Waals surface area contributed by atoms with Crippen molar-refractivity contribution < 1.29 is 19.0 Å². The normalized spacial score (nSPS) is 20.6. The number of carbonyl (C=O) groups excluding carboxylic acids is 1. The third-order valence-electron chi connectivity index (χ3n) is 5.59. The van der Waals surface area contributed by atoms with Crippen LogP contribution in [0.25, 0.3) is 0 Å². The molecular weight excluding hydrogens is 408 g/mol. The SMILES string of the molecule is COC(=O)C1=C(N)Oc2cc(C)n(C[C@H]3CCCO3)c(=O)c2[C@H]1c1ccc(Cl)cc1. The molecule has 2 aliphatic rings. The molecule has 0 radical (unpaired) electrons. The van der Waals surface area contributed by atoms with Crippen LogP contribution in [-0.4, -0.2) is 30.4 Å². The Bertz CT molecular complexity index is 1070. The number of ether oxygens (including phenoxy) is 3. The van der Waals surface area contributed by atoms with Gasteiger partial charge in [0.25, 0.3) is 5.56 Å². The molecule has 0 saturated carbocycles. The Kier molecular flexibility index (Phi) is 5.58. The largest absolute Gasteiger partial charge is 0.465 e. The van der Waals surface area contributed by atoms with Gasteiger partial charge in [-0.05, 0) is 37.5 Å². The van der Waals surface area contributed by atoms with Crippen molar-refractivity contribution in [1.29, 1.82) is 0 Å². The van der Waals surface area contributed by atoms with Crippen LogP contribution in [0, 0.1) is 6.92 Å². The van der Waals surface area contributed by atoms with Crippen LogP contribution in [-0.2, 0) is 20.8 Å². The van der Waals surface area contributed by atoms with E-state index in [1.807, 2.05) is 6.92 Å². The molecule has 1 aromatic heterocycles. The average Bonchev–Trinajstić information content (AvgIpc) is 3.23. The number of aryl methyl sites for hydroxylation is 1. The van der Waals surface area contributed by atoms with Gasteiger partial charge in [-0.2, -0.15) is 0 Å². The first kappa shape index (κ1) is 20.5. The lowest BCUT2D eigenvalue weighted by molar-refractivity contribution is -0.136. The molecule has 2 atom stereocenters. The number of pyridine rings is 1. The maximum Gasteiger partial charge on any atom is 0.340 e. The summed E-state index contributed by atoms with van der Waals surface area (Å²) in [4.78, 5) is 26.2. The zero-order chi connectivity index (χ0) is 21.4. The lowest BCUT2D eigenvalue weighted by atomic mass is 9.83. The molecule has 0 spiro atoms. The predicted molar refractivity (Wildman–Crippen MR) is 112 cm³/mol. The Morgan fingerprint density at radius 3 is 2.70 bits per heavy atom. The van der Waals surface area contributed by atoms with Gasteiger partial charge in [-0.15, -0.1) is 0 Å². The van der Waals surface area contributed by atoms with Gasteiger partial charge in [0, 0.05) is 23.4 Å². The Hall–Kier alpha value is -2.77. The number of fused-ring (bicyclic) bond motifs is 1. The summed E-state index contributed by atoms with van der Waals surface area (Å²) in [5, 5.41) is 0.544. The molecule has 8 heteroatoms. The van der Waals surface area contributed by atoms with Gasteiger partial charge in [-0.3, -0.25) is 4.79 Å². The number of esters is 1. The molecule has 1 fully saturated rings. The van der Waals surface area contributed by atoms with Gasteiger partial charge >= 0.3 is 5.97 Å². The molecule has 0 amide bonds. The number of carbonyl (C=O) groups is 1. The molecular formula is C22H23ClN2O5. The summed E-state index contributed by atoms with van der Waals surface area (Å²) in [5.74, 6) is -1.12. The molecule has 2 aliphatic heterocycles. The van der Waals surface area contributed by atoms with E-state index in [1.165, 1.54) is 7.11 Å². The van der Waals surface area contributed by atoms with Crippen molar-refractivity contribution in [3.05, 3.63) is 74.0 Å². The molecule has 2 aromatic rings. The van der Waals surface area contributed by atoms with E-state index in [4.69, 9.17) is 31.5 Å². The van der Waals surface area contributed by atoms with Gasteiger partial charge in [-0.25, -0.2) is 4.79 Å². The van der Waals surface area contributed by atoms with Gasteiger partial charge in [0.15, 0.2) is 0 Å². The highest BCUT2D eigenvalue weighted by Crippen LogP contribution is 2.41. The number of benzene rings is 1. The number of aromatic nitrogens is 1. The monoisotopic (exact) mass is 430 g/mol. The van der Waals surface area contributed by atoms with E-state index in [0.29, 0.717) is 35.1 Å². The summed E-state index contributed by atoms with van der Waals surface area (Å²) in [6, 6.07) is 8.71. The molecule has 1 saturated heterocycles. The second-order valence-corrected chi connectivity index (χ2v) is 7.91. The molecule has 0 aliphatic carbocycles. The fourth-order valence-corrected chi connectivity index (χ4v) is 4.23. The molecule has 4 rings (SSSR count). The van der Waals surface area contributed by atoms with Crippen molar-refractivity contribution in [2.24, 2.45) is 5.73 Å². The maximum absolute atomic E-state index is 13.6. The zero-order valence-corrected chi connectivity index (χ0v) is 17.6.